The van der Waals surface area contributed by atoms with Gasteiger partial charge in [0.1, 0.15) is 5.60 Å². The third-order valence-electron chi connectivity index (χ3n) is 1.20. The summed E-state index contributed by atoms with van der Waals surface area (Å²) in [5.74, 6) is 0. The molecule has 0 aromatic heterocycles. The van der Waals surface area contributed by atoms with Crippen LogP contribution in [0, 0.1) is 0 Å². The minimum atomic E-state index is -0.792. The van der Waals surface area contributed by atoms with Gasteiger partial charge in [-0.2, -0.15) is 0 Å². The highest BCUT2D eigenvalue weighted by molar-refractivity contribution is 5.85. The molecule has 0 aromatic carbocycles. The number of rotatable bonds is 1. The maximum absolute atomic E-state index is 8.91. The molecule has 0 aliphatic carbocycles. The van der Waals surface area contributed by atoms with Gasteiger partial charge in [-0.1, -0.05) is 0 Å². The van der Waals surface area contributed by atoms with Crippen molar-refractivity contribution in [2.75, 3.05) is 19.7 Å². The van der Waals surface area contributed by atoms with Crippen molar-refractivity contribution in [1.29, 1.82) is 0 Å². The Bertz CT molecular complexity index is 68.9. The van der Waals surface area contributed by atoms with E-state index in [0.717, 1.165) is 0 Å². The van der Waals surface area contributed by atoms with E-state index in [1.54, 1.807) is 0 Å². The van der Waals surface area contributed by atoms with E-state index in [-0.39, 0.29) is 19.0 Å². The molecule has 1 heterocycles. The van der Waals surface area contributed by atoms with Crippen LogP contribution in [-0.2, 0) is 0 Å². The summed E-state index contributed by atoms with van der Waals surface area (Å²) in [6.45, 7) is 0.938. The molecule has 0 bridgehead atoms. The van der Waals surface area contributed by atoms with Crippen molar-refractivity contribution < 1.29 is 10.2 Å². The molecule has 0 aromatic rings. The summed E-state index contributed by atoms with van der Waals surface area (Å²) in [5, 5.41) is 20.1. The standard InChI is InChI=1S/C4H9NO2.ClH/c6-3-4(7)1-5-2-4;/h5-7H,1-3H2;1H. The second-order valence-corrected chi connectivity index (χ2v) is 1.99. The number of β-amino-alcohol motifs (C(OH)–C–C–N with tert-alkyl or cyclic N) is 1. The molecule has 0 amide bonds. The summed E-state index contributed by atoms with van der Waals surface area (Å²) in [6.07, 6.45) is 0. The van der Waals surface area contributed by atoms with E-state index < -0.39 is 5.60 Å². The Morgan fingerprint density at radius 1 is 1.50 bits per heavy atom. The molecule has 1 rings (SSSR count). The Morgan fingerprint density at radius 3 is 2.00 bits per heavy atom. The normalized spacial score (nSPS) is 23.2. The number of nitrogens with one attached hydrogen (secondary N) is 1. The molecule has 1 saturated heterocycles. The molecule has 1 fully saturated rings. The van der Waals surface area contributed by atoms with E-state index in [1.807, 2.05) is 0 Å². The Hall–Kier alpha value is 0.170. The molecule has 50 valence electrons. The van der Waals surface area contributed by atoms with Gasteiger partial charge in [-0.15, -0.1) is 12.4 Å². The van der Waals surface area contributed by atoms with Crippen molar-refractivity contribution in [2.24, 2.45) is 0 Å². The third-order valence-corrected chi connectivity index (χ3v) is 1.20. The second-order valence-electron chi connectivity index (χ2n) is 1.99. The molecular weight excluding hydrogens is 130 g/mol. The van der Waals surface area contributed by atoms with Gasteiger partial charge >= 0.3 is 0 Å². The van der Waals surface area contributed by atoms with Gasteiger partial charge in [-0.05, 0) is 0 Å². The molecule has 0 spiro atoms. The highest BCUT2D eigenvalue weighted by Gasteiger charge is 2.32. The Kier molecular flexibility index (Phi) is 2.70. The summed E-state index contributed by atoms with van der Waals surface area (Å²) in [6, 6.07) is 0. The molecule has 0 unspecified atom stereocenters. The molecule has 0 saturated carbocycles. The van der Waals surface area contributed by atoms with E-state index in [4.69, 9.17) is 10.2 Å². The predicted octanol–water partition coefficient (Wildman–Crippen LogP) is -1.27. The first-order valence-corrected chi connectivity index (χ1v) is 2.31. The first kappa shape index (κ1) is 8.17. The van der Waals surface area contributed by atoms with Crippen LogP contribution in [0.2, 0.25) is 0 Å². The smallest absolute Gasteiger partial charge is 0.112 e. The number of hydrogen-bond acceptors (Lipinski definition) is 3. The fourth-order valence-electron chi connectivity index (χ4n) is 0.525. The van der Waals surface area contributed by atoms with Gasteiger partial charge in [0.2, 0.25) is 0 Å². The average molecular weight is 140 g/mol. The zero-order valence-electron chi connectivity index (χ0n) is 4.42. The van der Waals surface area contributed by atoms with Crippen LogP contribution < -0.4 is 5.32 Å². The van der Waals surface area contributed by atoms with E-state index in [1.165, 1.54) is 0 Å². The van der Waals surface area contributed by atoms with Crippen molar-refractivity contribution >= 4 is 12.4 Å². The van der Waals surface area contributed by atoms with Crippen molar-refractivity contribution in [3.05, 3.63) is 0 Å². The van der Waals surface area contributed by atoms with Gasteiger partial charge < -0.3 is 15.5 Å². The fraction of sp³-hybridized carbons (Fsp3) is 1.00. The van der Waals surface area contributed by atoms with E-state index in [2.05, 4.69) is 5.32 Å². The van der Waals surface area contributed by atoms with Crippen molar-refractivity contribution in [3.63, 3.8) is 0 Å². The molecule has 3 N–H and O–H groups in total. The lowest BCUT2D eigenvalue weighted by Gasteiger charge is -2.35. The maximum atomic E-state index is 8.91. The molecular formula is C4H10ClNO2. The maximum Gasteiger partial charge on any atom is 0.112 e. The third kappa shape index (κ3) is 1.32. The lowest BCUT2D eigenvalue weighted by molar-refractivity contribution is -0.0534. The van der Waals surface area contributed by atoms with Crippen LogP contribution in [0.4, 0.5) is 0 Å². The number of halogens is 1. The molecule has 1 aliphatic rings. The van der Waals surface area contributed by atoms with Crippen LogP contribution in [0.15, 0.2) is 0 Å². The van der Waals surface area contributed by atoms with Crippen LogP contribution in [0.1, 0.15) is 0 Å². The number of hydrogen-bond donors (Lipinski definition) is 3. The monoisotopic (exact) mass is 139 g/mol. The predicted molar refractivity (Wildman–Crippen MR) is 32.2 cm³/mol. The first-order valence-electron chi connectivity index (χ1n) is 2.31. The van der Waals surface area contributed by atoms with Crippen LogP contribution in [0.3, 0.4) is 0 Å². The largest absolute Gasteiger partial charge is 0.393 e. The second kappa shape index (κ2) is 2.64. The van der Waals surface area contributed by atoms with Gasteiger partial charge in [-0.3, -0.25) is 0 Å². The zero-order chi connectivity index (χ0) is 5.33. The Labute approximate surface area is 54.1 Å². The molecule has 8 heavy (non-hydrogen) atoms. The SMILES string of the molecule is Cl.OCC1(O)CNC1. The number of aliphatic hydroxyl groups is 2. The summed E-state index contributed by atoms with van der Waals surface area (Å²) in [5.41, 5.74) is -0.792. The van der Waals surface area contributed by atoms with Gasteiger partial charge in [0.15, 0.2) is 0 Å². The van der Waals surface area contributed by atoms with Crippen molar-refractivity contribution in [1.82, 2.24) is 5.32 Å². The van der Waals surface area contributed by atoms with Crippen molar-refractivity contribution in [3.8, 4) is 0 Å². The van der Waals surface area contributed by atoms with E-state index >= 15 is 0 Å². The zero-order valence-corrected chi connectivity index (χ0v) is 5.24. The van der Waals surface area contributed by atoms with Crippen LogP contribution in [0.5, 0.6) is 0 Å². The van der Waals surface area contributed by atoms with Gasteiger partial charge in [0.05, 0.1) is 6.61 Å². The molecule has 0 atom stereocenters. The average Bonchev–Trinajstić information content (AvgIpc) is 1.61. The minimum absolute atomic E-state index is 0. The molecule has 0 radical (unpaired) electrons. The summed E-state index contributed by atoms with van der Waals surface area (Å²) in [4.78, 5) is 0. The van der Waals surface area contributed by atoms with Crippen LogP contribution >= 0.6 is 12.4 Å². The summed E-state index contributed by atoms with van der Waals surface area (Å²) >= 11 is 0. The lowest BCUT2D eigenvalue weighted by atomic mass is 9.99. The van der Waals surface area contributed by atoms with Crippen molar-refractivity contribution in [2.45, 2.75) is 5.60 Å². The summed E-state index contributed by atoms with van der Waals surface area (Å²) in [7, 11) is 0. The lowest BCUT2D eigenvalue weighted by Crippen LogP contribution is -2.61. The van der Waals surface area contributed by atoms with Crippen LogP contribution in [-0.4, -0.2) is 35.5 Å². The Morgan fingerprint density at radius 2 is 2.00 bits per heavy atom. The van der Waals surface area contributed by atoms with Gasteiger partial charge in [0.25, 0.3) is 0 Å². The van der Waals surface area contributed by atoms with Crippen LogP contribution in [0.25, 0.3) is 0 Å². The topological polar surface area (TPSA) is 52.5 Å². The highest BCUT2D eigenvalue weighted by Crippen LogP contribution is 2.06. The molecule has 4 heteroatoms. The quantitative estimate of drug-likeness (QED) is 0.425. The number of aliphatic hydroxyl groups excluding tert-OH is 1. The fourth-order valence-corrected chi connectivity index (χ4v) is 0.525. The minimum Gasteiger partial charge on any atom is -0.393 e. The summed E-state index contributed by atoms with van der Waals surface area (Å²) < 4.78 is 0. The molecule has 1 aliphatic heterocycles. The van der Waals surface area contributed by atoms with E-state index in [9.17, 15) is 0 Å². The van der Waals surface area contributed by atoms with Gasteiger partial charge in [0, 0.05) is 13.1 Å². The van der Waals surface area contributed by atoms with E-state index in [0.29, 0.717) is 13.1 Å². The Balaban J connectivity index is 0.000000490. The highest BCUT2D eigenvalue weighted by atomic mass is 35.5. The molecule has 3 nitrogen and oxygen atoms in total. The first-order chi connectivity index (χ1) is 3.27. The van der Waals surface area contributed by atoms with Gasteiger partial charge in [-0.25, -0.2) is 0 Å².